The Labute approximate surface area is 90.0 Å². The Morgan fingerprint density at radius 2 is 1.85 bits per heavy atom. The van der Waals surface area contributed by atoms with Gasteiger partial charge in [-0.2, -0.15) is 0 Å². The van der Waals surface area contributed by atoms with Crippen molar-refractivity contribution in [1.82, 2.24) is 0 Å². The number of hydrogen-bond donors (Lipinski definition) is 0. The Bertz CT molecular complexity index is 267. The quantitative estimate of drug-likeness (QED) is 0.540. The Hall–Kier alpha value is 0.580. The first kappa shape index (κ1) is 8.85. The van der Waals surface area contributed by atoms with E-state index in [1.54, 1.807) is 0 Å². The molecule has 2 bridgehead atoms. The standard InChI is InChI=1S/C11H16Cl2/c1-9(2)7-3-4-10(8(9)5-7)6-11(10,12)13/h7-8H,3-6H2,1-2H3. The van der Waals surface area contributed by atoms with Crippen LogP contribution in [-0.2, 0) is 0 Å². The summed E-state index contributed by atoms with van der Waals surface area (Å²) in [4.78, 5) is 0. The lowest BCUT2D eigenvalue weighted by molar-refractivity contribution is -0.117. The molecule has 0 aromatic heterocycles. The molecule has 0 aliphatic heterocycles. The second kappa shape index (κ2) is 2.07. The van der Waals surface area contributed by atoms with Crippen LogP contribution in [0.3, 0.4) is 0 Å². The summed E-state index contributed by atoms with van der Waals surface area (Å²) in [5.41, 5.74) is 0.831. The van der Waals surface area contributed by atoms with Gasteiger partial charge in [0.25, 0.3) is 0 Å². The first-order valence-corrected chi connectivity index (χ1v) is 6.04. The van der Waals surface area contributed by atoms with Gasteiger partial charge in [0, 0.05) is 5.41 Å². The van der Waals surface area contributed by atoms with Gasteiger partial charge in [0.15, 0.2) is 0 Å². The van der Waals surface area contributed by atoms with E-state index in [0.29, 0.717) is 10.8 Å². The van der Waals surface area contributed by atoms with Gasteiger partial charge in [0.1, 0.15) is 4.33 Å². The van der Waals surface area contributed by atoms with E-state index in [4.69, 9.17) is 23.2 Å². The van der Waals surface area contributed by atoms with Gasteiger partial charge in [-0.1, -0.05) is 13.8 Å². The van der Waals surface area contributed by atoms with Crippen LogP contribution in [-0.4, -0.2) is 4.33 Å². The molecule has 0 aromatic rings. The van der Waals surface area contributed by atoms with Gasteiger partial charge < -0.3 is 0 Å². The summed E-state index contributed by atoms with van der Waals surface area (Å²) in [5, 5.41) is 0. The molecule has 1 spiro atoms. The predicted octanol–water partition coefficient (Wildman–Crippen LogP) is 4.01. The minimum Gasteiger partial charge on any atom is -0.101 e. The lowest BCUT2D eigenvalue weighted by Crippen LogP contribution is -2.54. The van der Waals surface area contributed by atoms with Crippen molar-refractivity contribution in [2.24, 2.45) is 22.7 Å². The molecule has 0 nitrogen and oxygen atoms in total. The van der Waals surface area contributed by atoms with Gasteiger partial charge in [0.05, 0.1) is 0 Å². The fourth-order valence-electron chi connectivity index (χ4n) is 4.05. The summed E-state index contributed by atoms with van der Waals surface area (Å²) in [6.07, 6.45) is 5.06. The molecule has 0 saturated heterocycles. The van der Waals surface area contributed by atoms with Crippen molar-refractivity contribution in [3.8, 4) is 0 Å². The highest BCUT2D eigenvalue weighted by atomic mass is 35.5. The number of rotatable bonds is 0. The van der Waals surface area contributed by atoms with Crippen molar-refractivity contribution in [3.05, 3.63) is 0 Å². The highest BCUT2D eigenvalue weighted by Crippen LogP contribution is 2.81. The minimum absolute atomic E-state index is 0.314. The average Bonchev–Trinajstić information content (AvgIpc) is 2.51. The van der Waals surface area contributed by atoms with Crippen LogP contribution in [0.2, 0.25) is 0 Å². The minimum atomic E-state index is -0.375. The molecule has 0 amide bonds. The number of alkyl halides is 2. The second-order valence-corrected chi connectivity index (χ2v) is 7.37. The Balaban J connectivity index is 1.94. The van der Waals surface area contributed by atoms with Crippen LogP contribution in [0.25, 0.3) is 0 Å². The molecule has 13 heavy (non-hydrogen) atoms. The number of fused-ring (bicyclic) bond motifs is 1. The van der Waals surface area contributed by atoms with Crippen molar-refractivity contribution in [1.29, 1.82) is 0 Å². The Morgan fingerprint density at radius 3 is 2.15 bits per heavy atom. The molecule has 4 saturated carbocycles. The molecule has 4 rings (SSSR count). The van der Waals surface area contributed by atoms with Crippen molar-refractivity contribution < 1.29 is 0 Å². The van der Waals surface area contributed by atoms with Gasteiger partial charge >= 0.3 is 0 Å². The summed E-state index contributed by atoms with van der Waals surface area (Å²) in [6, 6.07) is 0. The predicted molar refractivity (Wildman–Crippen MR) is 56.1 cm³/mol. The molecule has 0 N–H and O–H groups in total. The molecule has 3 unspecified atom stereocenters. The van der Waals surface area contributed by atoms with Crippen molar-refractivity contribution >= 4 is 23.2 Å². The van der Waals surface area contributed by atoms with Crippen LogP contribution in [0, 0.1) is 22.7 Å². The summed E-state index contributed by atoms with van der Waals surface area (Å²) in [5.74, 6) is 1.75. The third-order valence-electron chi connectivity index (χ3n) is 5.22. The fraction of sp³-hybridized carbons (Fsp3) is 1.00. The first-order valence-electron chi connectivity index (χ1n) is 5.28. The van der Waals surface area contributed by atoms with Crippen LogP contribution in [0.15, 0.2) is 0 Å². The molecular weight excluding hydrogens is 203 g/mol. The fourth-order valence-corrected chi connectivity index (χ4v) is 4.98. The van der Waals surface area contributed by atoms with Crippen LogP contribution in [0.4, 0.5) is 0 Å². The zero-order valence-corrected chi connectivity index (χ0v) is 9.75. The molecule has 3 atom stereocenters. The molecule has 0 heterocycles. The maximum absolute atomic E-state index is 6.29. The van der Waals surface area contributed by atoms with Gasteiger partial charge in [-0.3, -0.25) is 0 Å². The van der Waals surface area contributed by atoms with E-state index in [1.165, 1.54) is 19.3 Å². The van der Waals surface area contributed by atoms with E-state index in [0.717, 1.165) is 18.3 Å². The van der Waals surface area contributed by atoms with Crippen molar-refractivity contribution in [2.75, 3.05) is 0 Å². The Morgan fingerprint density at radius 1 is 1.23 bits per heavy atom. The van der Waals surface area contributed by atoms with Crippen LogP contribution in [0.5, 0.6) is 0 Å². The molecule has 0 aromatic carbocycles. The summed E-state index contributed by atoms with van der Waals surface area (Å²) in [7, 11) is 0. The van der Waals surface area contributed by atoms with Crippen LogP contribution < -0.4 is 0 Å². The summed E-state index contributed by atoms with van der Waals surface area (Å²) in [6.45, 7) is 4.80. The zero-order valence-electron chi connectivity index (χ0n) is 8.24. The number of halogens is 2. The zero-order chi connectivity index (χ0) is 9.48. The molecule has 4 fully saturated rings. The lowest BCUT2D eigenvalue weighted by Gasteiger charge is -2.61. The van der Waals surface area contributed by atoms with E-state index < -0.39 is 0 Å². The van der Waals surface area contributed by atoms with Gasteiger partial charge in [-0.25, -0.2) is 0 Å². The van der Waals surface area contributed by atoms with E-state index in [-0.39, 0.29) is 4.33 Å². The van der Waals surface area contributed by atoms with E-state index in [2.05, 4.69) is 13.8 Å². The first-order chi connectivity index (χ1) is 5.90. The lowest BCUT2D eigenvalue weighted by atomic mass is 9.44. The molecule has 4 aliphatic carbocycles. The molecule has 74 valence electrons. The third kappa shape index (κ3) is 0.814. The van der Waals surface area contributed by atoms with E-state index >= 15 is 0 Å². The van der Waals surface area contributed by atoms with Gasteiger partial charge in [-0.15, -0.1) is 23.2 Å². The number of hydrogen-bond acceptors (Lipinski definition) is 0. The highest BCUT2D eigenvalue weighted by Gasteiger charge is 2.76. The molecule has 0 radical (unpaired) electrons. The molecule has 2 heteroatoms. The third-order valence-corrected chi connectivity index (χ3v) is 6.24. The SMILES string of the molecule is CC1(C)C2CCC3(CC3(Cl)Cl)C1C2. The largest absolute Gasteiger partial charge is 0.124 e. The van der Waals surface area contributed by atoms with Crippen LogP contribution >= 0.6 is 23.2 Å². The second-order valence-electron chi connectivity index (χ2n) is 5.88. The summed E-state index contributed by atoms with van der Waals surface area (Å²) >= 11 is 12.6. The normalized spacial score (nSPS) is 54.5. The molecular formula is C11H16Cl2. The van der Waals surface area contributed by atoms with Crippen molar-refractivity contribution in [3.63, 3.8) is 0 Å². The van der Waals surface area contributed by atoms with E-state index in [1.807, 2.05) is 0 Å². The average molecular weight is 219 g/mol. The van der Waals surface area contributed by atoms with Gasteiger partial charge in [0.2, 0.25) is 0 Å². The maximum Gasteiger partial charge on any atom is 0.124 e. The highest BCUT2D eigenvalue weighted by molar-refractivity contribution is 6.51. The maximum atomic E-state index is 6.29. The Kier molecular flexibility index (Phi) is 1.41. The smallest absolute Gasteiger partial charge is 0.101 e. The summed E-state index contributed by atoms with van der Waals surface area (Å²) < 4.78 is -0.375. The van der Waals surface area contributed by atoms with Crippen LogP contribution in [0.1, 0.15) is 39.5 Å². The molecule has 4 aliphatic rings. The van der Waals surface area contributed by atoms with Gasteiger partial charge in [-0.05, 0) is 42.9 Å². The van der Waals surface area contributed by atoms with Crippen molar-refractivity contribution in [2.45, 2.75) is 43.9 Å². The monoisotopic (exact) mass is 218 g/mol. The van der Waals surface area contributed by atoms with E-state index in [9.17, 15) is 0 Å². The topological polar surface area (TPSA) is 0 Å².